The van der Waals surface area contributed by atoms with Crippen molar-refractivity contribution in [3.63, 3.8) is 0 Å². The molecule has 0 aromatic heterocycles. The number of aryl methyl sites for hydroxylation is 2. The van der Waals surface area contributed by atoms with Crippen molar-refractivity contribution in [3.8, 4) is 0 Å². The van der Waals surface area contributed by atoms with E-state index in [2.05, 4.69) is 0 Å². The number of benzene rings is 1. The van der Waals surface area contributed by atoms with Crippen LogP contribution < -0.4 is 29.6 Å². The molecular formula is C9H11NaO2. The summed E-state index contributed by atoms with van der Waals surface area (Å²) < 4.78 is 0. The normalized spacial score (nSPS) is 8.83. The second kappa shape index (κ2) is 4.65. The van der Waals surface area contributed by atoms with Crippen LogP contribution in [0.15, 0.2) is 18.2 Å². The van der Waals surface area contributed by atoms with Gasteiger partial charge < -0.3 is 6.53 Å². The van der Waals surface area contributed by atoms with E-state index in [1.165, 1.54) is 0 Å². The molecule has 0 amide bonds. The molecule has 0 bridgehead atoms. The first-order valence-corrected chi connectivity index (χ1v) is 3.42. The number of hydrogen-bond donors (Lipinski definition) is 1. The van der Waals surface area contributed by atoms with E-state index < -0.39 is 5.97 Å². The summed E-state index contributed by atoms with van der Waals surface area (Å²) in [6, 6.07) is 5.46. The van der Waals surface area contributed by atoms with Gasteiger partial charge in [-0.2, -0.15) is 0 Å². The van der Waals surface area contributed by atoms with Crippen LogP contribution in [0.25, 0.3) is 0 Å². The van der Waals surface area contributed by atoms with Gasteiger partial charge in [-0.3, -0.25) is 0 Å². The molecule has 1 rings (SSSR count). The average molecular weight is 174 g/mol. The molecule has 0 aliphatic carbocycles. The van der Waals surface area contributed by atoms with Crippen LogP contribution in [0, 0.1) is 13.8 Å². The van der Waals surface area contributed by atoms with Crippen molar-refractivity contribution in [3.05, 3.63) is 34.9 Å². The summed E-state index contributed by atoms with van der Waals surface area (Å²) in [4.78, 5) is 10.6. The van der Waals surface area contributed by atoms with E-state index >= 15 is 0 Å². The van der Waals surface area contributed by atoms with Crippen molar-refractivity contribution >= 4 is 5.97 Å². The molecule has 0 heterocycles. The van der Waals surface area contributed by atoms with Gasteiger partial charge in [0.1, 0.15) is 0 Å². The minimum atomic E-state index is -0.847. The van der Waals surface area contributed by atoms with E-state index in [0.29, 0.717) is 5.56 Å². The Kier molecular flexibility index (Phi) is 4.53. The number of carboxylic acid groups (broad SMARTS) is 1. The molecule has 0 aliphatic heterocycles. The minimum absolute atomic E-state index is 0. The minimum Gasteiger partial charge on any atom is -1.00 e. The number of carbonyl (C=O) groups is 1. The molecule has 1 N–H and O–H groups in total. The maximum atomic E-state index is 10.6. The second-order valence-electron chi connectivity index (χ2n) is 2.57. The van der Waals surface area contributed by atoms with E-state index in [1.807, 2.05) is 6.07 Å². The number of aromatic carboxylic acids is 1. The molecule has 0 aliphatic rings. The topological polar surface area (TPSA) is 37.3 Å². The van der Waals surface area contributed by atoms with Gasteiger partial charge in [-0.05, 0) is 25.0 Å². The summed E-state index contributed by atoms with van der Waals surface area (Å²) >= 11 is 0. The molecule has 0 fully saturated rings. The van der Waals surface area contributed by atoms with Crippen molar-refractivity contribution in [1.82, 2.24) is 0 Å². The van der Waals surface area contributed by atoms with Crippen molar-refractivity contribution in [2.24, 2.45) is 0 Å². The van der Waals surface area contributed by atoms with Crippen LogP contribution in [0.3, 0.4) is 0 Å². The third-order valence-electron chi connectivity index (χ3n) is 1.69. The molecule has 0 saturated heterocycles. The van der Waals surface area contributed by atoms with E-state index in [-0.39, 0.29) is 31.0 Å². The van der Waals surface area contributed by atoms with Crippen LogP contribution in [0.4, 0.5) is 0 Å². The third-order valence-corrected chi connectivity index (χ3v) is 1.69. The first kappa shape index (κ1) is 11.7. The molecule has 1 aromatic rings. The molecule has 0 saturated carbocycles. The average Bonchev–Trinajstić information content (AvgIpc) is 1.85. The molecule has 1 aromatic carbocycles. The van der Waals surface area contributed by atoms with Gasteiger partial charge in [0, 0.05) is 0 Å². The van der Waals surface area contributed by atoms with Gasteiger partial charge in [0.25, 0.3) is 0 Å². The van der Waals surface area contributed by atoms with Crippen LogP contribution in [0.1, 0.15) is 22.9 Å². The van der Waals surface area contributed by atoms with E-state index in [0.717, 1.165) is 11.1 Å². The Balaban J connectivity index is 0. The fourth-order valence-electron chi connectivity index (χ4n) is 1.15. The monoisotopic (exact) mass is 174 g/mol. The Morgan fingerprint density at radius 2 is 1.75 bits per heavy atom. The first-order chi connectivity index (χ1) is 5.13. The van der Waals surface area contributed by atoms with Gasteiger partial charge in [-0.25, -0.2) is 4.79 Å². The zero-order chi connectivity index (χ0) is 8.43. The first-order valence-electron chi connectivity index (χ1n) is 3.42. The fraction of sp³-hybridized carbons (Fsp3) is 0.222. The van der Waals surface area contributed by atoms with E-state index in [9.17, 15) is 4.79 Å². The van der Waals surface area contributed by atoms with E-state index in [4.69, 9.17) is 5.11 Å². The molecule has 3 heteroatoms. The van der Waals surface area contributed by atoms with Gasteiger partial charge in [-0.15, -0.1) is 0 Å². The number of hydrogen-bond acceptors (Lipinski definition) is 1. The molecule has 0 atom stereocenters. The van der Waals surface area contributed by atoms with Crippen LogP contribution in [0.5, 0.6) is 0 Å². The van der Waals surface area contributed by atoms with Crippen molar-refractivity contribution in [2.75, 3.05) is 0 Å². The molecular weight excluding hydrogens is 163 g/mol. The van der Waals surface area contributed by atoms with Crippen LogP contribution >= 0.6 is 0 Å². The van der Waals surface area contributed by atoms with Gasteiger partial charge >= 0.3 is 35.5 Å². The largest absolute Gasteiger partial charge is 1.00 e. The summed E-state index contributed by atoms with van der Waals surface area (Å²) in [7, 11) is 0. The summed E-state index contributed by atoms with van der Waals surface area (Å²) in [5, 5.41) is 8.75. The summed E-state index contributed by atoms with van der Waals surface area (Å²) in [5.41, 5.74) is 2.06. The Morgan fingerprint density at radius 1 is 1.33 bits per heavy atom. The Bertz CT molecular complexity index is 279. The molecule has 0 radical (unpaired) electrons. The van der Waals surface area contributed by atoms with Crippen LogP contribution in [-0.4, -0.2) is 11.1 Å². The maximum Gasteiger partial charge on any atom is 1.00 e. The predicted molar refractivity (Wildman–Crippen MR) is 44.0 cm³/mol. The van der Waals surface area contributed by atoms with E-state index in [1.54, 1.807) is 26.0 Å². The van der Waals surface area contributed by atoms with Crippen molar-refractivity contribution < 1.29 is 40.9 Å². The quantitative estimate of drug-likeness (QED) is 0.561. The standard InChI is InChI=1S/C9H10O2.Na.H/c1-6-4-3-5-7(2)8(6)9(10)11;;/h3-5H,1-2H3,(H,10,11);;/q;+1;-1. The zero-order valence-electron chi connectivity index (χ0n) is 8.59. The maximum absolute atomic E-state index is 10.6. The van der Waals surface area contributed by atoms with Gasteiger partial charge in [-0.1, -0.05) is 18.2 Å². The fourth-order valence-corrected chi connectivity index (χ4v) is 1.15. The molecule has 0 unspecified atom stereocenters. The Labute approximate surface area is 95.4 Å². The second-order valence-corrected chi connectivity index (χ2v) is 2.57. The molecule has 0 spiro atoms. The van der Waals surface area contributed by atoms with Crippen LogP contribution in [0.2, 0.25) is 0 Å². The summed E-state index contributed by atoms with van der Waals surface area (Å²) in [6.45, 7) is 3.60. The van der Waals surface area contributed by atoms with Gasteiger partial charge in [0.2, 0.25) is 0 Å². The Morgan fingerprint density at radius 3 is 2.00 bits per heavy atom. The van der Waals surface area contributed by atoms with Crippen LogP contribution in [-0.2, 0) is 0 Å². The smallest absolute Gasteiger partial charge is 1.00 e. The molecule has 60 valence electrons. The zero-order valence-corrected chi connectivity index (χ0v) is 9.59. The summed E-state index contributed by atoms with van der Waals surface area (Å²) in [5.74, 6) is -0.847. The van der Waals surface area contributed by atoms with Gasteiger partial charge in [0.05, 0.1) is 5.56 Å². The third kappa shape index (κ3) is 2.34. The Hall–Kier alpha value is -0.310. The SMILES string of the molecule is Cc1cccc(C)c1C(=O)O.[H-].[Na+]. The number of carboxylic acids is 1. The number of rotatable bonds is 1. The molecule has 2 nitrogen and oxygen atoms in total. The van der Waals surface area contributed by atoms with Crippen molar-refractivity contribution in [2.45, 2.75) is 13.8 Å². The summed E-state index contributed by atoms with van der Waals surface area (Å²) in [6.07, 6.45) is 0. The van der Waals surface area contributed by atoms with Gasteiger partial charge in [0.15, 0.2) is 0 Å². The molecule has 12 heavy (non-hydrogen) atoms. The predicted octanol–water partition coefficient (Wildman–Crippen LogP) is -0.882. The van der Waals surface area contributed by atoms with Crippen molar-refractivity contribution in [1.29, 1.82) is 0 Å².